The van der Waals surface area contributed by atoms with Crippen molar-refractivity contribution in [3.05, 3.63) is 35.9 Å². The standard InChI is InChI=1S/C25H37FN2O4/c1-23(2,3)31-21(29)27-18-12-14-19(15-13-18)28(22(30)32-24(4,5)6)20-16-25(20,26)17-10-8-7-9-11-17/h7-11,18-20H,12-16H2,1-6H3,(H,27,29)/t18?,19?,20-,25+/m1/s1. The molecule has 2 fully saturated rings. The van der Waals surface area contributed by atoms with Crippen molar-refractivity contribution in [3.63, 3.8) is 0 Å². The summed E-state index contributed by atoms with van der Waals surface area (Å²) in [6.45, 7) is 10.9. The highest BCUT2D eigenvalue weighted by molar-refractivity contribution is 5.70. The molecule has 3 rings (SSSR count). The molecule has 0 unspecified atom stereocenters. The molecule has 32 heavy (non-hydrogen) atoms. The van der Waals surface area contributed by atoms with Crippen LogP contribution < -0.4 is 5.32 Å². The first kappa shape index (κ1) is 24.3. The average Bonchev–Trinajstić information content (AvgIpc) is 3.33. The van der Waals surface area contributed by atoms with Crippen molar-refractivity contribution in [2.75, 3.05) is 0 Å². The van der Waals surface area contributed by atoms with Crippen LogP contribution in [0.25, 0.3) is 0 Å². The van der Waals surface area contributed by atoms with Gasteiger partial charge in [-0.05, 0) is 72.8 Å². The predicted molar refractivity (Wildman–Crippen MR) is 121 cm³/mol. The van der Waals surface area contributed by atoms with Crippen LogP contribution in [-0.4, -0.2) is 46.4 Å². The summed E-state index contributed by atoms with van der Waals surface area (Å²) in [5.41, 5.74) is -2.17. The van der Waals surface area contributed by atoms with Gasteiger partial charge in [-0.25, -0.2) is 14.0 Å². The van der Waals surface area contributed by atoms with Crippen molar-refractivity contribution in [2.45, 2.75) is 109 Å². The van der Waals surface area contributed by atoms with E-state index in [1.165, 1.54) is 0 Å². The van der Waals surface area contributed by atoms with E-state index >= 15 is 4.39 Å². The van der Waals surface area contributed by atoms with Gasteiger partial charge in [-0.15, -0.1) is 0 Å². The Morgan fingerprint density at radius 3 is 2.06 bits per heavy atom. The molecule has 2 aliphatic carbocycles. The maximum absolute atomic E-state index is 15.8. The second-order valence-electron chi connectivity index (χ2n) is 11.0. The number of ether oxygens (including phenoxy) is 2. The summed E-state index contributed by atoms with van der Waals surface area (Å²) in [4.78, 5) is 26.8. The van der Waals surface area contributed by atoms with Crippen LogP contribution in [0.1, 0.15) is 79.2 Å². The van der Waals surface area contributed by atoms with Crippen molar-refractivity contribution in [2.24, 2.45) is 0 Å². The molecule has 0 saturated heterocycles. The van der Waals surface area contributed by atoms with E-state index in [4.69, 9.17) is 9.47 Å². The third kappa shape index (κ3) is 6.14. The van der Waals surface area contributed by atoms with Crippen LogP contribution in [0.2, 0.25) is 0 Å². The van der Waals surface area contributed by atoms with E-state index in [0.717, 1.165) is 0 Å². The van der Waals surface area contributed by atoms with Crippen molar-refractivity contribution in [3.8, 4) is 0 Å². The van der Waals surface area contributed by atoms with Crippen LogP contribution in [0.4, 0.5) is 14.0 Å². The van der Waals surface area contributed by atoms with E-state index in [0.29, 0.717) is 31.2 Å². The molecule has 2 amide bonds. The lowest BCUT2D eigenvalue weighted by Crippen LogP contribution is -2.50. The van der Waals surface area contributed by atoms with Gasteiger partial charge in [0.25, 0.3) is 0 Å². The highest BCUT2D eigenvalue weighted by Crippen LogP contribution is 2.54. The minimum atomic E-state index is -1.55. The molecule has 7 heteroatoms. The fourth-order valence-electron chi connectivity index (χ4n) is 4.38. The van der Waals surface area contributed by atoms with Crippen LogP contribution in [-0.2, 0) is 15.1 Å². The third-order valence-corrected chi connectivity index (χ3v) is 5.86. The molecule has 2 aliphatic rings. The zero-order valence-electron chi connectivity index (χ0n) is 20.1. The number of carbonyl (C=O) groups is 2. The fraction of sp³-hybridized carbons (Fsp3) is 0.680. The lowest BCUT2D eigenvalue weighted by molar-refractivity contribution is 0.00256. The van der Waals surface area contributed by atoms with Crippen molar-refractivity contribution < 1.29 is 23.5 Å². The molecule has 1 N–H and O–H groups in total. The number of rotatable bonds is 4. The molecular formula is C25H37FN2O4. The smallest absolute Gasteiger partial charge is 0.410 e. The molecule has 1 aromatic carbocycles. The Bertz CT molecular complexity index is 809. The molecule has 0 heterocycles. The molecule has 2 saturated carbocycles. The average molecular weight is 449 g/mol. The molecule has 0 spiro atoms. The van der Waals surface area contributed by atoms with Gasteiger partial charge in [-0.2, -0.15) is 0 Å². The van der Waals surface area contributed by atoms with E-state index in [1.807, 2.05) is 59.7 Å². The Morgan fingerprint density at radius 1 is 0.969 bits per heavy atom. The minimum absolute atomic E-state index is 0.0231. The van der Waals surface area contributed by atoms with Gasteiger partial charge in [0.15, 0.2) is 5.67 Å². The van der Waals surface area contributed by atoms with E-state index in [2.05, 4.69) is 5.32 Å². The molecule has 0 aromatic heterocycles. The summed E-state index contributed by atoms with van der Waals surface area (Å²) in [5, 5.41) is 2.92. The Balaban J connectivity index is 1.68. The maximum atomic E-state index is 15.8. The molecule has 0 radical (unpaired) electrons. The SMILES string of the molecule is CC(C)(C)OC(=O)NC1CCC(N(C(=O)OC(C)(C)C)[C@@H]2C[C@]2(F)c2ccccc2)CC1. The zero-order valence-corrected chi connectivity index (χ0v) is 20.1. The predicted octanol–water partition coefficient (Wildman–Crippen LogP) is 5.70. The Morgan fingerprint density at radius 2 is 1.53 bits per heavy atom. The molecule has 178 valence electrons. The van der Waals surface area contributed by atoms with Crippen LogP contribution in [0, 0.1) is 0 Å². The summed E-state index contributed by atoms with van der Waals surface area (Å²) >= 11 is 0. The van der Waals surface area contributed by atoms with Gasteiger partial charge in [0.05, 0.1) is 6.04 Å². The number of amides is 2. The number of nitrogens with one attached hydrogen (secondary N) is 1. The van der Waals surface area contributed by atoms with E-state index in [-0.39, 0.29) is 18.5 Å². The van der Waals surface area contributed by atoms with Gasteiger partial charge < -0.3 is 14.8 Å². The zero-order chi connectivity index (χ0) is 23.7. The number of hydrogen-bond donors (Lipinski definition) is 1. The van der Waals surface area contributed by atoms with Gasteiger partial charge in [-0.3, -0.25) is 4.90 Å². The van der Waals surface area contributed by atoms with Gasteiger partial charge in [0, 0.05) is 18.5 Å². The second kappa shape index (κ2) is 8.91. The first-order valence-corrected chi connectivity index (χ1v) is 11.5. The fourth-order valence-corrected chi connectivity index (χ4v) is 4.38. The van der Waals surface area contributed by atoms with E-state index in [1.54, 1.807) is 17.0 Å². The highest BCUT2D eigenvalue weighted by Gasteiger charge is 2.62. The lowest BCUT2D eigenvalue weighted by atomic mass is 9.90. The van der Waals surface area contributed by atoms with Crippen molar-refractivity contribution in [1.82, 2.24) is 10.2 Å². The van der Waals surface area contributed by atoms with Crippen molar-refractivity contribution >= 4 is 12.2 Å². The summed E-state index contributed by atoms with van der Waals surface area (Å²) in [6.07, 6.45) is 2.09. The van der Waals surface area contributed by atoms with Crippen LogP contribution in [0.5, 0.6) is 0 Å². The summed E-state index contributed by atoms with van der Waals surface area (Å²) < 4.78 is 26.8. The molecule has 6 nitrogen and oxygen atoms in total. The Labute approximate surface area is 190 Å². The number of alkyl carbamates (subject to hydrolysis) is 1. The summed E-state index contributed by atoms with van der Waals surface area (Å²) in [5.74, 6) is 0. The number of halogens is 1. The number of carbonyl (C=O) groups excluding carboxylic acids is 2. The lowest BCUT2D eigenvalue weighted by Gasteiger charge is -2.38. The topological polar surface area (TPSA) is 67.9 Å². The normalized spacial score (nSPS) is 27.9. The first-order valence-electron chi connectivity index (χ1n) is 11.5. The number of benzene rings is 1. The number of nitrogens with zero attached hydrogens (tertiary/aromatic N) is 1. The van der Waals surface area contributed by atoms with Gasteiger partial charge in [-0.1, -0.05) is 30.3 Å². The quantitative estimate of drug-likeness (QED) is 0.642. The van der Waals surface area contributed by atoms with Crippen molar-refractivity contribution in [1.29, 1.82) is 0 Å². The summed E-state index contributed by atoms with van der Waals surface area (Å²) in [7, 11) is 0. The third-order valence-electron chi connectivity index (χ3n) is 5.86. The van der Waals surface area contributed by atoms with Gasteiger partial charge in [0.1, 0.15) is 11.2 Å². The number of hydrogen-bond acceptors (Lipinski definition) is 4. The largest absolute Gasteiger partial charge is 0.444 e. The molecule has 0 bridgehead atoms. The highest BCUT2D eigenvalue weighted by atomic mass is 19.1. The van der Waals surface area contributed by atoms with Gasteiger partial charge in [0.2, 0.25) is 0 Å². The maximum Gasteiger partial charge on any atom is 0.410 e. The molecule has 0 aliphatic heterocycles. The van der Waals surface area contributed by atoms with Gasteiger partial charge >= 0.3 is 12.2 Å². The second-order valence-corrected chi connectivity index (χ2v) is 11.0. The Kier molecular flexibility index (Phi) is 6.78. The summed E-state index contributed by atoms with van der Waals surface area (Å²) in [6, 6.07) is 8.34. The first-order chi connectivity index (χ1) is 14.8. The minimum Gasteiger partial charge on any atom is -0.444 e. The molecular weight excluding hydrogens is 411 g/mol. The van der Waals surface area contributed by atoms with Crippen LogP contribution in [0.3, 0.4) is 0 Å². The molecule has 1 aromatic rings. The van der Waals surface area contributed by atoms with E-state index < -0.39 is 35.1 Å². The molecule has 2 atom stereocenters. The van der Waals surface area contributed by atoms with Crippen LogP contribution >= 0.6 is 0 Å². The van der Waals surface area contributed by atoms with E-state index in [9.17, 15) is 9.59 Å². The number of alkyl halides is 1. The monoisotopic (exact) mass is 448 g/mol. The van der Waals surface area contributed by atoms with Crippen LogP contribution in [0.15, 0.2) is 30.3 Å². The Hall–Kier alpha value is -2.31.